The molecule has 0 radical (unpaired) electrons. The van der Waals surface area contributed by atoms with E-state index in [1.54, 1.807) is 0 Å². The molecular weight excluding hydrogens is 178 g/mol. The molecule has 0 aromatic heterocycles. The number of rotatable bonds is 5. The molecule has 12 heavy (non-hydrogen) atoms. The Balaban J connectivity index is 3.83. The third-order valence-corrected chi connectivity index (χ3v) is 1.57. The average molecular weight is 192 g/mol. The second-order valence-electron chi connectivity index (χ2n) is 2.38. The van der Waals surface area contributed by atoms with Crippen molar-refractivity contribution >= 4 is 17.6 Å². The molecule has 1 atom stereocenters. The van der Waals surface area contributed by atoms with Gasteiger partial charge in [0.2, 0.25) is 0 Å². The highest BCUT2D eigenvalue weighted by Crippen LogP contribution is 1.98. The number of carbonyl (C=O) groups is 1. The van der Waals surface area contributed by atoms with E-state index in [-0.39, 0.29) is 12.0 Å². The first-order valence-electron chi connectivity index (χ1n) is 3.76. The van der Waals surface area contributed by atoms with Crippen LogP contribution in [0.4, 0.5) is 0 Å². The van der Waals surface area contributed by atoms with Crippen molar-refractivity contribution in [3.8, 4) is 0 Å². The van der Waals surface area contributed by atoms with Gasteiger partial charge in [-0.1, -0.05) is 25.1 Å². The van der Waals surface area contributed by atoms with Gasteiger partial charge in [0.25, 0.3) is 0 Å². The zero-order chi connectivity index (χ0) is 9.56. The van der Waals surface area contributed by atoms with Gasteiger partial charge >= 0.3 is 5.97 Å². The van der Waals surface area contributed by atoms with Crippen molar-refractivity contribution in [3.63, 3.8) is 0 Å². The predicted molar refractivity (Wildman–Crippen MR) is 49.1 cm³/mol. The van der Waals surface area contributed by atoms with Crippen molar-refractivity contribution < 1.29 is 9.53 Å². The van der Waals surface area contributed by atoms with Crippen LogP contribution in [0.25, 0.3) is 0 Å². The van der Waals surface area contributed by atoms with Gasteiger partial charge in [0.05, 0.1) is 7.11 Å². The van der Waals surface area contributed by atoms with E-state index in [1.807, 2.05) is 6.92 Å². The molecule has 0 aliphatic heterocycles. The van der Waals surface area contributed by atoms with Crippen molar-refractivity contribution in [2.45, 2.75) is 19.4 Å². The molecule has 0 bridgehead atoms. The fraction of sp³-hybridized carbons (Fsp3) is 0.625. The highest BCUT2D eigenvalue weighted by Gasteiger charge is 2.15. The van der Waals surface area contributed by atoms with Crippen LogP contribution in [-0.4, -0.2) is 25.7 Å². The number of hydrogen-bond donors (Lipinski definition) is 1. The van der Waals surface area contributed by atoms with Crippen LogP contribution in [0.1, 0.15) is 13.3 Å². The average Bonchev–Trinajstić information content (AvgIpc) is 2.04. The normalized spacial score (nSPS) is 12.2. The molecule has 0 aliphatic carbocycles. The van der Waals surface area contributed by atoms with Gasteiger partial charge in [0.15, 0.2) is 0 Å². The summed E-state index contributed by atoms with van der Waals surface area (Å²) in [6, 6.07) is -0.287. The fourth-order valence-electron chi connectivity index (χ4n) is 0.771. The van der Waals surface area contributed by atoms with E-state index in [9.17, 15) is 4.79 Å². The van der Waals surface area contributed by atoms with Crippen molar-refractivity contribution in [2.75, 3.05) is 13.7 Å². The molecule has 3 nitrogen and oxygen atoms in total. The van der Waals surface area contributed by atoms with Gasteiger partial charge in [0.1, 0.15) is 6.04 Å². The summed E-state index contributed by atoms with van der Waals surface area (Å²) in [6.45, 7) is 5.82. The van der Waals surface area contributed by atoms with Crippen molar-refractivity contribution in [3.05, 3.63) is 11.6 Å². The molecule has 70 valence electrons. The van der Waals surface area contributed by atoms with E-state index in [4.69, 9.17) is 11.6 Å². The summed E-state index contributed by atoms with van der Waals surface area (Å²) in [6.07, 6.45) is 0.677. The zero-order valence-corrected chi connectivity index (χ0v) is 8.15. The summed E-state index contributed by atoms with van der Waals surface area (Å²) in [5.41, 5.74) is 0. The first kappa shape index (κ1) is 11.5. The van der Waals surface area contributed by atoms with Gasteiger partial charge in [-0.25, -0.2) is 0 Å². The number of carbonyl (C=O) groups excluding carboxylic acids is 1. The number of halogens is 1. The lowest BCUT2D eigenvalue weighted by Gasteiger charge is -2.13. The van der Waals surface area contributed by atoms with E-state index >= 15 is 0 Å². The molecule has 0 amide bonds. The molecular formula is C8H14ClNO2. The van der Waals surface area contributed by atoms with Gasteiger partial charge in [-0.15, -0.1) is 0 Å². The third kappa shape index (κ3) is 4.36. The van der Waals surface area contributed by atoms with Gasteiger partial charge in [0, 0.05) is 11.6 Å². The fourth-order valence-corrected chi connectivity index (χ4v) is 0.848. The van der Waals surface area contributed by atoms with Crippen LogP contribution in [0.2, 0.25) is 0 Å². The monoisotopic (exact) mass is 191 g/mol. The van der Waals surface area contributed by atoms with Crippen LogP contribution in [0.15, 0.2) is 11.6 Å². The summed E-state index contributed by atoms with van der Waals surface area (Å²) in [7, 11) is 1.36. The van der Waals surface area contributed by atoms with Crippen molar-refractivity contribution in [1.82, 2.24) is 5.32 Å². The van der Waals surface area contributed by atoms with Crippen LogP contribution < -0.4 is 5.32 Å². The molecule has 1 N–H and O–H groups in total. The second kappa shape index (κ2) is 6.03. The van der Waals surface area contributed by atoms with E-state index in [2.05, 4.69) is 16.6 Å². The molecule has 0 rings (SSSR count). The lowest BCUT2D eigenvalue weighted by molar-refractivity contribution is -0.143. The lowest BCUT2D eigenvalue weighted by Crippen LogP contribution is -2.37. The van der Waals surface area contributed by atoms with Crippen molar-refractivity contribution in [2.24, 2.45) is 0 Å². The van der Waals surface area contributed by atoms with Crippen LogP contribution in [-0.2, 0) is 9.53 Å². The summed E-state index contributed by atoms with van der Waals surface area (Å²) < 4.78 is 4.56. The molecule has 1 unspecified atom stereocenters. The Hall–Kier alpha value is -0.540. The molecule has 4 heteroatoms. The van der Waals surface area contributed by atoms with Crippen LogP contribution in [0.5, 0.6) is 0 Å². The van der Waals surface area contributed by atoms with Crippen LogP contribution in [0.3, 0.4) is 0 Å². The van der Waals surface area contributed by atoms with E-state index < -0.39 is 0 Å². The highest BCUT2D eigenvalue weighted by atomic mass is 35.5. The summed E-state index contributed by atoms with van der Waals surface area (Å²) in [5.74, 6) is -0.268. The number of hydrogen-bond acceptors (Lipinski definition) is 3. The summed E-state index contributed by atoms with van der Waals surface area (Å²) >= 11 is 5.52. The minimum atomic E-state index is -0.287. The maximum absolute atomic E-state index is 11.0. The smallest absolute Gasteiger partial charge is 0.322 e. The van der Waals surface area contributed by atoms with Gasteiger partial charge in [-0.05, 0) is 6.42 Å². The Morgan fingerprint density at radius 2 is 2.33 bits per heavy atom. The maximum Gasteiger partial charge on any atom is 0.322 e. The molecule has 0 saturated heterocycles. The number of esters is 1. The number of methoxy groups -OCH3 is 1. The van der Waals surface area contributed by atoms with Gasteiger partial charge in [-0.2, -0.15) is 0 Å². The Kier molecular flexibility index (Phi) is 5.76. The number of ether oxygens (including phenoxy) is 1. The predicted octanol–water partition coefficient (Wildman–Crippen LogP) is 1.28. The van der Waals surface area contributed by atoms with Crippen LogP contribution >= 0.6 is 11.6 Å². The number of nitrogens with one attached hydrogen (secondary N) is 1. The Labute approximate surface area is 77.7 Å². The molecule has 0 fully saturated rings. The Bertz CT molecular complexity index is 170. The molecule has 0 aliphatic rings. The summed E-state index contributed by atoms with van der Waals surface area (Å²) in [5, 5.41) is 3.40. The molecule has 0 spiro atoms. The van der Waals surface area contributed by atoms with E-state index in [1.165, 1.54) is 7.11 Å². The standard InChI is InChI=1S/C8H14ClNO2/c1-4-7(8(11)12-3)10-5-6(2)9/h7,10H,2,4-5H2,1,3H3. The van der Waals surface area contributed by atoms with E-state index in [0.717, 1.165) is 0 Å². The van der Waals surface area contributed by atoms with Gasteiger partial charge in [-0.3, -0.25) is 10.1 Å². The Morgan fingerprint density at radius 1 is 1.75 bits per heavy atom. The van der Waals surface area contributed by atoms with Crippen LogP contribution in [0, 0.1) is 0 Å². The lowest BCUT2D eigenvalue weighted by atomic mass is 10.2. The van der Waals surface area contributed by atoms with E-state index in [0.29, 0.717) is 18.0 Å². The first-order valence-corrected chi connectivity index (χ1v) is 4.14. The first-order chi connectivity index (χ1) is 5.61. The van der Waals surface area contributed by atoms with Gasteiger partial charge < -0.3 is 4.74 Å². The molecule has 0 aromatic carbocycles. The third-order valence-electron chi connectivity index (χ3n) is 1.43. The topological polar surface area (TPSA) is 38.3 Å². The highest BCUT2D eigenvalue weighted by molar-refractivity contribution is 6.29. The molecule has 0 aromatic rings. The van der Waals surface area contributed by atoms with Crippen molar-refractivity contribution in [1.29, 1.82) is 0 Å². The zero-order valence-electron chi connectivity index (χ0n) is 7.39. The summed E-state index contributed by atoms with van der Waals surface area (Å²) in [4.78, 5) is 11.0. The molecule has 0 saturated carbocycles. The Morgan fingerprint density at radius 3 is 2.67 bits per heavy atom. The minimum absolute atomic E-state index is 0.268. The minimum Gasteiger partial charge on any atom is -0.468 e. The quantitative estimate of drug-likeness (QED) is 0.666. The maximum atomic E-state index is 11.0. The largest absolute Gasteiger partial charge is 0.468 e. The second-order valence-corrected chi connectivity index (χ2v) is 2.92. The molecule has 0 heterocycles. The SMILES string of the molecule is C=C(Cl)CNC(CC)C(=O)OC.